The van der Waals surface area contributed by atoms with Crippen LogP contribution in [0.25, 0.3) is 6.08 Å². The van der Waals surface area contributed by atoms with Crippen LogP contribution >= 0.6 is 23.2 Å². The molecule has 3 rings (SSSR count). The lowest BCUT2D eigenvalue weighted by Crippen LogP contribution is -2.47. The number of piperazine rings is 1. The van der Waals surface area contributed by atoms with Crippen LogP contribution in [0.1, 0.15) is 11.1 Å². The number of carbonyl (C=O) groups excluding carboxylic acids is 1. The van der Waals surface area contributed by atoms with Crippen molar-refractivity contribution in [3.8, 4) is 17.2 Å². The Morgan fingerprint density at radius 1 is 0.935 bits per heavy atom. The standard InChI is InChI=1S/C23H26Cl2N2O4/c1-29-20-9-7-16(22(30-2)23(20)31-3)15-26-11-13-27(14-12-26)21(28)10-8-17-18(24)5-4-6-19(17)25/h4-10H,11-15H2,1-3H3/b10-8+. The predicted octanol–water partition coefficient (Wildman–Crippen LogP) is 4.38. The first kappa shape index (κ1) is 23.3. The number of nitrogens with zero attached hydrogens (tertiary/aromatic N) is 2. The molecule has 0 saturated carbocycles. The van der Waals surface area contributed by atoms with Crippen LogP contribution in [0.3, 0.4) is 0 Å². The third-order valence-corrected chi connectivity index (χ3v) is 5.92. The zero-order valence-electron chi connectivity index (χ0n) is 17.9. The van der Waals surface area contributed by atoms with Crippen molar-refractivity contribution >= 4 is 35.2 Å². The predicted molar refractivity (Wildman–Crippen MR) is 123 cm³/mol. The number of benzene rings is 2. The second kappa shape index (κ2) is 10.8. The highest BCUT2D eigenvalue weighted by molar-refractivity contribution is 6.37. The molecule has 2 aromatic rings. The normalized spacial score (nSPS) is 14.7. The van der Waals surface area contributed by atoms with Crippen molar-refractivity contribution in [2.24, 2.45) is 0 Å². The SMILES string of the molecule is COc1ccc(CN2CCN(C(=O)/C=C/c3c(Cl)cccc3Cl)CC2)c(OC)c1OC. The van der Waals surface area contributed by atoms with Crippen LogP contribution < -0.4 is 14.2 Å². The number of hydrogen-bond acceptors (Lipinski definition) is 5. The zero-order chi connectivity index (χ0) is 22.4. The summed E-state index contributed by atoms with van der Waals surface area (Å²) in [5, 5.41) is 1.04. The molecule has 0 aliphatic carbocycles. The Balaban J connectivity index is 1.61. The summed E-state index contributed by atoms with van der Waals surface area (Å²) in [6, 6.07) is 9.13. The number of carbonyl (C=O) groups is 1. The number of methoxy groups -OCH3 is 3. The van der Waals surface area contributed by atoms with E-state index in [4.69, 9.17) is 37.4 Å². The molecule has 0 N–H and O–H groups in total. The largest absolute Gasteiger partial charge is 0.493 e. The van der Waals surface area contributed by atoms with Gasteiger partial charge in [0.1, 0.15) is 0 Å². The van der Waals surface area contributed by atoms with E-state index in [0.717, 1.165) is 18.7 Å². The third kappa shape index (κ3) is 5.45. The van der Waals surface area contributed by atoms with Crippen LogP contribution in [0.15, 0.2) is 36.4 Å². The van der Waals surface area contributed by atoms with Crippen molar-refractivity contribution in [1.82, 2.24) is 9.80 Å². The van der Waals surface area contributed by atoms with Gasteiger partial charge in [0.25, 0.3) is 0 Å². The molecule has 1 aliphatic heterocycles. The molecule has 1 heterocycles. The molecular formula is C23H26Cl2N2O4. The summed E-state index contributed by atoms with van der Waals surface area (Å²) in [5.74, 6) is 1.82. The lowest BCUT2D eigenvalue weighted by molar-refractivity contribution is -0.127. The first-order valence-corrected chi connectivity index (χ1v) is 10.6. The van der Waals surface area contributed by atoms with Crippen LogP contribution in [-0.4, -0.2) is 63.2 Å². The highest BCUT2D eigenvalue weighted by atomic mass is 35.5. The van der Waals surface area contributed by atoms with E-state index in [9.17, 15) is 4.79 Å². The third-order valence-electron chi connectivity index (χ3n) is 5.26. The summed E-state index contributed by atoms with van der Waals surface area (Å²) in [6.07, 6.45) is 3.20. The minimum atomic E-state index is -0.0562. The molecule has 2 aromatic carbocycles. The number of hydrogen-bond donors (Lipinski definition) is 0. The van der Waals surface area contributed by atoms with Gasteiger partial charge in [-0.15, -0.1) is 0 Å². The second-order valence-corrected chi connectivity index (χ2v) is 7.88. The molecule has 1 fully saturated rings. The van der Waals surface area contributed by atoms with Gasteiger partial charge in [-0.2, -0.15) is 0 Å². The van der Waals surface area contributed by atoms with Crippen LogP contribution in [0, 0.1) is 0 Å². The summed E-state index contributed by atoms with van der Waals surface area (Å²) in [7, 11) is 4.81. The molecule has 0 atom stereocenters. The van der Waals surface area contributed by atoms with Crippen molar-refractivity contribution in [3.63, 3.8) is 0 Å². The van der Waals surface area contributed by atoms with Crippen molar-refractivity contribution in [2.45, 2.75) is 6.54 Å². The fraction of sp³-hybridized carbons (Fsp3) is 0.348. The van der Waals surface area contributed by atoms with E-state index in [1.54, 1.807) is 45.6 Å². The average molecular weight is 465 g/mol. The van der Waals surface area contributed by atoms with Gasteiger partial charge >= 0.3 is 0 Å². The monoisotopic (exact) mass is 464 g/mol. The van der Waals surface area contributed by atoms with Gasteiger partial charge in [-0.1, -0.05) is 35.3 Å². The lowest BCUT2D eigenvalue weighted by Gasteiger charge is -2.34. The van der Waals surface area contributed by atoms with Gasteiger partial charge in [-0.25, -0.2) is 0 Å². The average Bonchev–Trinajstić information content (AvgIpc) is 2.78. The van der Waals surface area contributed by atoms with E-state index >= 15 is 0 Å². The Bertz CT molecular complexity index is 937. The molecule has 0 unspecified atom stereocenters. The highest BCUT2D eigenvalue weighted by Gasteiger charge is 2.22. The molecule has 166 valence electrons. The van der Waals surface area contributed by atoms with E-state index in [2.05, 4.69) is 4.90 Å². The van der Waals surface area contributed by atoms with Gasteiger partial charge in [0.05, 0.1) is 21.3 Å². The van der Waals surface area contributed by atoms with Crippen LogP contribution in [0.2, 0.25) is 10.0 Å². The topological polar surface area (TPSA) is 51.2 Å². The number of rotatable bonds is 7. The minimum absolute atomic E-state index is 0.0562. The molecule has 0 radical (unpaired) electrons. The molecular weight excluding hydrogens is 439 g/mol. The summed E-state index contributed by atoms with van der Waals surface area (Å²) in [5.41, 5.74) is 1.66. The first-order chi connectivity index (χ1) is 15.0. The second-order valence-electron chi connectivity index (χ2n) is 7.06. The summed E-state index contributed by atoms with van der Waals surface area (Å²) >= 11 is 12.3. The zero-order valence-corrected chi connectivity index (χ0v) is 19.4. The Hall–Kier alpha value is -2.41. The molecule has 6 nitrogen and oxygen atoms in total. The van der Waals surface area contributed by atoms with E-state index in [1.807, 2.05) is 17.0 Å². The van der Waals surface area contributed by atoms with Crippen molar-refractivity contribution < 1.29 is 19.0 Å². The van der Waals surface area contributed by atoms with Crippen molar-refractivity contribution in [3.05, 3.63) is 57.6 Å². The summed E-state index contributed by atoms with van der Waals surface area (Å²) in [6.45, 7) is 3.47. The summed E-state index contributed by atoms with van der Waals surface area (Å²) < 4.78 is 16.4. The maximum Gasteiger partial charge on any atom is 0.246 e. The fourth-order valence-electron chi connectivity index (χ4n) is 3.58. The quantitative estimate of drug-likeness (QED) is 0.569. The van der Waals surface area contributed by atoms with Crippen molar-refractivity contribution in [1.29, 1.82) is 0 Å². The molecule has 1 amide bonds. The van der Waals surface area contributed by atoms with E-state index < -0.39 is 0 Å². The van der Waals surface area contributed by atoms with Crippen LogP contribution in [0.4, 0.5) is 0 Å². The fourth-order valence-corrected chi connectivity index (χ4v) is 4.11. The Morgan fingerprint density at radius 2 is 1.58 bits per heavy atom. The van der Waals surface area contributed by atoms with Gasteiger partial charge < -0.3 is 19.1 Å². The van der Waals surface area contributed by atoms with E-state index in [1.165, 1.54) is 6.08 Å². The Kier molecular flexibility index (Phi) is 8.07. The Morgan fingerprint density at radius 3 is 2.16 bits per heavy atom. The van der Waals surface area contributed by atoms with Crippen LogP contribution in [0.5, 0.6) is 17.2 Å². The van der Waals surface area contributed by atoms with Crippen molar-refractivity contribution in [2.75, 3.05) is 47.5 Å². The maximum absolute atomic E-state index is 12.6. The molecule has 8 heteroatoms. The number of amides is 1. The summed E-state index contributed by atoms with van der Waals surface area (Å²) in [4.78, 5) is 16.7. The van der Waals surface area contributed by atoms with E-state index in [0.29, 0.717) is 52.5 Å². The van der Waals surface area contributed by atoms with Gasteiger partial charge in [0.15, 0.2) is 11.5 Å². The number of halogens is 2. The van der Waals surface area contributed by atoms with Gasteiger partial charge in [-0.05, 0) is 24.3 Å². The Labute approximate surface area is 192 Å². The molecule has 1 aliphatic rings. The van der Waals surface area contributed by atoms with Gasteiger partial charge in [0, 0.05) is 60.0 Å². The van der Waals surface area contributed by atoms with Gasteiger partial charge in [-0.3, -0.25) is 9.69 Å². The smallest absolute Gasteiger partial charge is 0.246 e. The van der Waals surface area contributed by atoms with Crippen LogP contribution in [-0.2, 0) is 11.3 Å². The minimum Gasteiger partial charge on any atom is -0.493 e. The molecule has 0 spiro atoms. The first-order valence-electron chi connectivity index (χ1n) is 9.89. The molecule has 1 saturated heterocycles. The lowest BCUT2D eigenvalue weighted by atomic mass is 10.1. The van der Waals surface area contributed by atoms with E-state index in [-0.39, 0.29) is 5.91 Å². The molecule has 0 bridgehead atoms. The molecule has 31 heavy (non-hydrogen) atoms. The highest BCUT2D eigenvalue weighted by Crippen LogP contribution is 2.40. The van der Waals surface area contributed by atoms with Gasteiger partial charge in [0.2, 0.25) is 11.7 Å². The molecule has 0 aromatic heterocycles. The number of ether oxygens (including phenoxy) is 3. The maximum atomic E-state index is 12.6.